The monoisotopic (exact) mass is 421 g/mol. The maximum Gasteiger partial charge on any atom is 0.328 e. The normalized spacial score (nSPS) is 14.0. The molecule has 1 rings (SSSR count). The Balaban J connectivity index is 0. The molecular formula is C17H31N3O9. The molecule has 0 spiro atoms. The van der Waals surface area contributed by atoms with Crippen LogP contribution in [0.3, 0.4) is 0 Å². The van der Waals surface area contributed by atoms with Crippen LogP contribution in [0.15, 0.2) is 12.2 Å². The van der Waals surface area contributed by atoms with Crippen molar-refractivity contribution in [1.29, 1.82) is 0 Å². The molecule has 0 radical (unpaired) electrons. The molecule has 0 aliphatic carbocycles. The number of nitrogens with zero attached hydrogens (tertiary/aromatic N) is 1. The fourth-order valence-electron chi connectivity index (χ4n) is 2.04. The number of nitrogens with two attached hydrogens (primary N) is 1. The molecule has 0 aromatic rings. The Kier molecular flexibility index (Phi) is 16.0. The zero-order valence-electron chi connectivity index (χ0n) is 16.7. The van der Waals surface area contributed by atoms with Gasteiger partial charge in [-0.15, -0.1) is 10.1 Å². The lowest BCUT2D eigenvalue weighted by molar-refractivity contribution is -0.758. The molecule has 1 aliphatic rings. The third kappa shape index (κ3) is 27.6. The number of hydrogen-bond donors (Lipinski definition) is 5. The van der Waals surface area contributed by atoms with Gasteiger partial charge in [-0.25, -0.2) is 9.59 Å². The second kappa shape index (κ2) is 16.2. The van der Waals surface area contributed by atoms with Gasteiger partial charge in [0.15, 0.2) is 0 Å². The van der Waals surface area contributed by atoms with Crippen molar-refractivity contribution in [3.63, 3.8) is 0 Å². The number of carboxylic acid groups (broad SMARTS) is 3. The van der Waals surface area contributed by atoms with E-state index in [0.717, 1.165) is 32.4 Å². The number of aliphatic carboxylic acids is 3. The summed E-state index contributed by atoms with van der Waals surface area (Å²) >= 11 is 0. The Morgan fingerprint density at radius 2 is 1.66 bits per heavy atom. The molecule has 12 heteroatoms. The molecule has 0 aromatic heterocycles. The van der Waals surface area contributed by atoms with Crippen LogP contribution in [-0.4, -0.2) is 63.5 Å². The predicted octanol–water partition coefficient (Wildman–Crippen LogP) is 0.885. The van der Waals surface area contributed by atoms with Crippen LogP contribution >= 0.6 is 0 Å². The minimum Gasteiger partial charge on any atom is -0.481 e. The van der Waals surface area contributed by atoms with Gasteiger partial charge in [0, 0.05) is 24.1 Å². The van der Waals surface area contributed by atoms with E-state index in [1.807, 2.05) is 13.8 Å². The van der Waals surface area contributed by atoms with E-state index < -0.39 is 23.0 Å². The van der Waals surface area contributed by atoms with Crippen molar-refractivity contribution in [1.82, 2.24) is 5.32 Å². The zero-order valence-corrected chi connectivity index (χ0v) is 16.7. The summed E-state index contributed by atoms with van der Waals surface area (Å²) in [6.07, 6.45) is 4.83. The Morgan fingerprint density at radius 1 is 1.17 bits per heavy atom. The van der Waals surface area contributed by atoms with E-state index in [9.17, 15) is 24.5 Å². The van der Waals surface area contributed by atoms with Gasteiger partial charge in [0.2, 0.25) is 0 Å². The Labute approximate surface area is 168 Å². The number of hydrogen-bond acceptors (Lipinski definition) is 8. The smallest absolute Gasteiger partial charge is 0.328 e. The molecule has 168 valence electrons. The standard InChI is InChI=1S/C7H14N2O3.C6H13NO2.C4H4O4/c10-9(11)12-6-3-7-1-4-8-5-2-7;1-6(2,7)4-3-5(8)9;5-3(6)1-2-4(7)8/h7-8H,1-6H2;3-4,7H2,1-2H3,(H,8,9);1-2H,(H,5,6)(H,7,8)/b;;2-1+. The Bertz CT molecular complexity index is 523. The lowest BCUT2D eigenvalue weighted by Gasteiger charge is -2.21. The van der Waals surface area contributed by atoms with Crippen molar-refractivity contribution in [2.24, 2.45) is 11.7 Å². The first kappa shape index (κ1) is 28.5. The molecule has 1 fully saturated rings. The fraction of sp³-hybridized carbons (Fsp3) is 0.706. The van der Waals surface area contributed by atoms with E-state index in [-0.39, 0.29) is 18.6 Å². The molecule has 0 atom stereocenters. The molecule has 1 heterocycles. The molecular weight excluding hydrogens is 390 g/mol. The van der Waals surface area contributed by atoms with Crippen LogP contribution in [-0.2, 0) is 19.2 Å². The van der Waals surface area contributed by atoms with Crippen molar-refractivity contribution >= 4 is 17.9 Å². The first-order valence-electron chi connectivity index (χ1n) is 8.96. The van der Waals surface area contributed by atoms with Crippen LogP contribution in [0.25, 0.3) is 0 Å². The van der Waals surface area contributed by atoms with Gasteiger partial charge in [-0.1, -0.05) is 0 Å². The lowest BCUT2D eigenvalue weighted by atomic mass is 9.95. The van der Waals surface area contributed by atoms with Crippen molar-refractivity contribution in [2.75, 3.05) is 19.7 Å². The number of carboxylic acids is 3. The highest BCUT2D eigenvalue weighted by atomic mass is 16.9. The third-order valence-electron chi connectivity index (χ3n) is 3.53. The maximum absolute atomic E-state index is 9.99. The molecule has 0 amide bonds. The van der Waals surface area contributed by atoms with Gasteiger partial charge in [-0.05, 0) is 58.5 Å². The molecule has 0 aromatic carbocycles. The highest BCUT2D eigenvalue weighted by molar-refractivity contribution is 5.89. The minimum absolute atomic E-state index is 0.156. The van der Waals surface area contributed by atoms with Crippen LogP contribution < -0.4 is 11.1 Å². The van der Waals surface area contributed by atoms with Crippen molar-refractivity contribution < 1.29 is 39.6 Å². The van der Waals surface area contributed by atoms with Gasteiger partial charge >= 0.3 is 17.9 Å². The fourth-order valence-corrected chi connectivity index (χ4v) is 2.04. The van der Waals surface area contributed by atoms with E-state index in [4.69, 9.17) is 21.1 Å². The lowest BCUT2D eigenvalue weighted by Crippen LogP contribution is -2.32. The molecule has 12 nitrogen and oxygen atoms in total. The van der Waals surface area contributed by atoms with Crippen LogP contribution in [0, 0.1) is 16.0 Å². The van der Waals surface area contributed by atoms with Crippen molar-refractivity contribution in [3.8, 4) is 0 Å². The zero-order chi connectivity index (χ0) is 22.9. The maximum atomic E-state index is 9.99. The molecule has 0 unspecified atom stereocenters. The van der Waals surface area contributed by atoms with E-state index in [1.54, 1.807) is 0 Å². The topological polar surface area (TPSA) is 202 Å². The summed E-state index contributed by atoms with van der Waals surface area (Å²) in [5.41, 5.74) is 5.17. The summed E-state index contributed by atoms with van der Waals surface area (Å²) in [4.78, 5) is 43.2. The molecule has 0 bridgehead atoms. The summed E-state index contributed by atoms with van der Waals surface area (Å²) < 4.78 is 0. The van der Waals surface area contributed by atoms with Gasteiger partial charge in [-0.2, -0.15) is 0 Å². The quantitative estimate of drug-likeness (QED) is 0.201. The molecule has 6 N–H and O–H groups in total. The van der Waals surface area contributed by atoms with Crippen molar-refractivity contribution in [3.05, 3.63) is 22.3 Å². The van der Waals surface area contributed by atoms with E-state index in [2.05, 4.69) is 10.2 Å². The van der Waals surface area contributed by atoms with Gasteiger partial charge in [0.1, 0.15) is 0 Å². The predicted molar refractivity (Wildman–Crippen MR) is 103 cm³/mol. The third-order valence-corrected chi connectivity index (χ3v) is 3.53. The minimum atomic E-state index is -1.26. The average molecular weight is 421 g/mol. The van der Waals surface area contributed by atoms with Gasteiger partial charge in [-0.3, -0.25) is 4.79 Å². The summed E-state index contributed by atoms with van der Waals surface area (Å²) in [6, 6.07) is 0. The Hall–Kier alpha value is -2.73. The van der Waals surface area contributed by atoms with Crippen LogP contribution in [0.5, 0.6) is 0 Å². The van der Waals surface area contributed by atoms with E-state index in [0.29, 0.717) is 24.5 Å². The summed E-state index contributed by atoms with van der Waals surface area (Å²) in [7, 11) is 0. The highest BCUT2D eigenvalue weighted by Crippen LogP contribution is 2.15. The first-order valence-corrected chi connectivity index (χ1v) is 8.96. The van der Waals surface area contributed by atoms with Crippen LogP contribution in [0.2, 0.25) is 0 Å². The molecule has 0 saturated carbocycles. The van der Waals surface area contributed by atoms with E-state index in [1.165, 1.54) is 0 Å². The Morgan fingerprint density at radius 3 is 1.97 bits per heavy atom. The largest absolute Gasteiger partial charge is 0.481 e. The number of carbonyl (C=O) groups is 3. The van der Waals surface area contributed by atoms with Gasteiger partial charge in [0.25, 0.3) is 5.09 Å². The second-order valence-corrected chi connectivity index (χ2v) is 6.93. The average Bonchev–Trinajstić information content (AvgIpc) is 2.59. The second-order valence-electron chi connectivity index (χ2n) is 6.93. The summed E-state index contributed by atoms with van der Waals surface area (Å²) in [5, 5.41) is 36.2. The van der Waals surface area contributed by atoms with Gasteiger partial charge in [0.05, 0.1) is 6.61 Å². The van der Waals surface area contributed by atoms with Crippen molar-refractivity contribution in [2.45, 2.75) is 51.5 Å². The number of piperidine rings is 1. The molecule has 1 aliphatic heterocycles. The molecule has 29 heavy (non-hydrogen) atoms. The SMILES string of the molecule is CC(C)(N)CCC(=O)O.O=C(O)/C=C/C(=O)O.O=[N+]([O-])OCCC1CCNCC1. The summed E-state index contributed by atoms with van der Waals surface area (Å²) in [5.74, 6) is -2.69. The summed E-state index contributed by atoms with van der Waals surface area (Å²) in [6.45, 7) is 5.94. The van der Waals surface area contributed by atoms with Crippen LogP contribution in [0.1, 0.15) is 46.0 Å². The first-order chi connectivity index (χ1) is 13.3. The van der Waals surface area contributed by atoms with Crippen LogP contribution in [0.4, 0.5) is 0 Å². The molecule has 1 saturated heterocycles. The number of nitrogens with one attached hydrogen (secondary N) is 1. The van der Waals surface area contributed by atoms with Gasteiger partial charge < -0.3 is 31.2 Å². The highest BCUT2D eigenvalue weighted by Gasteiger charge is 2.13. The van der Waals surface area contributed by atoms with E-state index >= 15 is 0 Å². The number of rotatable bonds is 9.